The second-order valence-corrected chi connectivity index (χ2v) is 5.21. The largest absolute Gasteiger partial charge is 0.229 e. The molecule has 1 aromatic rings. The van der Waals surface area contributed by atoms with Gasteiger partial charge in [-0.3, -0.25) is 0 Å². The highest BCUT2D eigenvalue weighted by Crippen LogP contribution is 2.19. The van der Waals surface area contributed by atoms with Crippen molar-refractivity contribution in [3.63, 3.8) is 0 Å². The Labute approximate surface area is 74.2 Å². The molecule has 0 spiro atoms. The molecule has 0 unspecified atom stereocenters. The highest BCUT2D eigenvalue weighted by Gasteiger charge is 2.09. The lowest BCUT2D eigenvalue weighted by Gasteiger charge is -1.97. The average Bonchev–Trinajstić information content (AvgIpc) is 2.01. The molecule has 1 rings (SSSR count). The molecule has 0 saturated carbocycles. The van der Waals surface area contributed by atoms with Crippen molar-refractivity contribution in [1.29, 1.82) is 0 Å². The molecule has 0 aromatic heterocycles. The summed E-state index contributed by atoms with van der Waals surface area (Å²) in [4.78, 5) is 0.0149. The Morgan fingerprint density at radius 3 is 2.55 bits per heavy atom. The van der Waals surface area contributed by atoms with E-state index >= 15 is 0 Å². The summed E-state index contributed by atoms with van der Waals surface area (Å²) in [5, 5.41) is 0. The molecule has 4 heteroatoms. The van der Waals surface area contributed by atoms with E-state index in [1.54, 1.807) is 18.2 Å². The summed E-state index contributed by atoms with van der Waals surface area (Å²) in [5.74, 6) is 0. The molecular weight excluding hydrogens is 180 g/mol. The van der Waals surface area contributed by atoms with E-state index in [4.69, 9.17) is 4.11 Å². The molecular formula is C7H8O2S2. The van der Waals surface area contributed by atoms with Crippen molar-refractivity contribution < 1.29 is 12.5 Å². The Kier molecular flexibility index (Phi) is 1.55. The van der Waals surface area contributed by atoms with Gasteiger partial charge in [0.25, 0.3) is 0 Å². The molecule has 0 aliphatic carbocycles. The van der Waals surface area contributed by atoms with Crippen molar-refractivity contribution in [2.24, 2.45) is 0 Å². The third-order valence-electron chi connectivity index (χ3n) is 1.14. The minimum absolute atomic E-state index is 0.0149. The van der Waals surface area contributed by atoms with Crippen molar-refractivity contribution in [3.8, 4) is 0 Å². The first-order valence-corrected chi connectivity index (χ1v) is 5.64. The zero-order valence-electron chi connectivity index (χ0n) is 8.52. The van der Waals surface area contributed by atoms with Gasteiger partial charge in [-0.15, -0.1) is 0 Å². The highest BCUT2D eigenvalue weighted by atomic mass is 33.1. The van der Waals surface area contributed by atoms with Crippen molar-refractivity contribution in [1.82, 2.24) is 0 Å². The van der Waals surface area contributed by atoms with E-state index in [9.17, 15) is 8.42 Å². The van der Waals surface area contributed by atoms with Gasteiger partial charge in [0.2, 0.25) is 8.87 Å². The van der Waals surface area contributed by atoms with Gasteiger partial charge in [-0.25, -0.2) is 8.42 Å². The molecule has 0 aliphatic rings. The fourth-order valence-electron chi connectivity index (χ4n) is 0.635. The molecule has 11 heavy (non-hydrogen) atoms. The van der Waals surface area contributed by atoms with Gasteiger partial charge >= 0.3 is 0 Å². The summed E-state index contributed by atoms with van der Waals surface area (Å²) < 4.78 is 43.5. The Hall–Kier alpha value is -0.480. The van der Waals surface area contributed by atoms with Crippen molar-refractivity contribution in [2.45, 2.75) is 4.90 Å². The quantitative estimate of drug-likeness (QED) is 0.668. The van der Waals surface area contributed by atoms with Crippen molar-refractivity contribution in [2.75, 3.05) is 6.18 Å². The summed E-state index contributed by atoms with van der Waals surface area (Å²) in [6.07, 6.45) is -2.53. The number of rotatable bonds is 2. The predicted octanol–water partition coefficient (Wildman–Crippen LogP) is 1.74. The molecule has 0 heterocycles. The van der Waals surface area contributed by atoms with Gasteiger partial charge in [0, 0.05) is 4.11 Å². The smallest absolute Gasteiger partial charge is 0.212 e. The number of benzene rings is 1. The van der Waals surface area contributed by atoms with Crippen LogP contribution in [0.5, 0.6) is 0 Å². The van der Waals surface area contributed by atoms with E-state index < -0.39 is 15.1 Å². The SMILES string of the molecule is [2H]C([2H])([2H])SS(=O)(=O)c1ccccc1. The topological polar surface area (TPSA) is 34.1 Å². The molecule has 0 saturated heterocycles. The van der Waals surface area contributed by atoms with Gasteiger partial charge < -0.3 is 0 Å². The third-order valence-corrected chi connectivity index (χ3v) is 3.45. The second kappa shape index (κ2) is 3.28. The van der Waals surface area contributed by atoms with Crippen LogP contribution in [-0.4, -0.2) is 14.6 Å². The first kappa shape index (κ1) is 5.22. The first-order valence-electron chi connectivity index (χ1n) is 4.32. The van der Waals surface area contributed by atoms with E-state index in [1.165, 1.54) is 12.1 Å². The van der Waals surface area contributed by atoms with Crippen LogP contribution >= 0.6 is 10.8 Å². The van der Waals surface area contributed by atoms with E-state index in [0.29, 0.717) is 0 Å². The minimum atomic E-state index is -3.76. The van der Waals surface area contributed by atoms with E-state index in [0.717, 1.165) is 0 Å². The van der Waals surface area contributed by atoms with Gasteiger partial charge in [-0.05, 0) is 29.1 Å². The van der Waals surface area contributed by atoms with Gasteiger partial charge in [-0.2, -0.15) is 0 Å². The maximum Gasteiger partial charge on any atom is 0.229 e. The molecule has 0 N–H and O–H groups in total. The maximum atomic E-state index is 11.5. The third kappa shape index (κ3) is 1.97. The zero-order valence-corrected chi connectivity index (χ0v) is 7.15. The second-order valence-electron chi connectivity index (χ2n) is 1.85. The van der Waals surface area contributed by atoms with Gasteiger partial charge in [0.1, 0.15) is 0 Å². The van der Waals surface area contributed by atoms with E-state index in [1.807, 2.05) is 0 Å². The average molecular weight is 191 g/mol. The first-order chi connectivity index (χ1) is 6.31. The van der Waals surface area contributed by atoms with Crippen molar-refractivity contribution in [3.05, 3.63) is 30.3 Å². The van der Waals surface area contributed by atoms with Gasteiger partial charge in [-0.1, -0.05) is 18.2 Å². The summed E-state index contributed by atoms with van der Waals surface area (Å²) >= 11 is 0. The molecule has 0 radical (unpaired) electrons. The number of hydrogen-bond donors (Lipinski definition) is 0. The predicted molar refractivity (Wildman–Crippen MR) is 47.1 cm³/mol. The lowest BCUT2D eigenvalue weighted by Crippen LogP contribution is -1.92. The normalized spacial score (nSPS) is 16.5. The van der Waals surface area contributed by atoms with Crippen LogP contribution in [0.25, 0.3) is 0 Å². The van der Waals surface area contributed by atoms with Crippen LogP contribution in [0.1, 0.15) is 4.11 Å². The van der Waals surface area contributed by atoms with Gasteiger partial charge in [0.05, 0.1) is 4.90 Å². The minimum Gasteiger partial charge on any atom is -0.212 e. The van der Waals surface area contributed by atoms with Crippen LogP contribution in [0.15, 0.2) is 35.2 Å². The Bertz CT molecular complexity index is 397. The lowest BCUT2D eigenvalue weighted by atomic mass is 10.4. The van der Waals surface area contributed by atoms with Crippen molar-refractivity contribution >= 4 is 19.7 Å². The van der Waals surface area contributed by atoms with Crippen LogP contribution in [-0.2, 0) is 8.87 Å². The fraction of sp³-hybridized carbons (Fsp3) is 0.143. The molecule has 0 atom stereocenters. The van der Waals surface area contributed by atoms with Crippen LogP contribution in [0, 0.1) is 0 Å². The Morgan fingerprint density at radius 2 is 2.00 bits per heavy atom. The Morgan fingerprint density at radius 1 is 1.36 bits per heavy atom. The lowest BCUT2D eigenvalue weighted by molar-refractivity contribution is 0.610. The van der Waals surface area contributed by atoms with Crippen LogP contribution in [0.2, 0.25) is 0 Å². The fourth-order valence-corrected chi connectivity index (χ4v) is 1.84. The summed E-state index contributed by atoms with van der Waals surface area (Å²) in [5.41, 5.74) is 0. The van der Waals surface area contributed by atoms with Crippen LogP contribution in [0.3, 0.4) is 0 Å². The van der Waals surface area contributed by atoms with E-state index in [2.05, 4.69) is 0 Å². The number of hydrogen-bond acceptors (Lipinski definition) is 3. The summed E-state index contributed by atoms with van der Waals surface area (Å²) in [6, 6.07) is 7.50. The molecule has 60 valence electrons. The molecule has 0 aliphatic heterocycles. The zero-order chi connectivity index (χ0) is 10.8. The monoisotopic (exact) mass is 191 g/mol. The highest BCUT2D eigenvalue weighted by molar-refractivity contribution is 8.71. The molecule has 0 fully saturated rings. The Balaban J connectivity index is 2.99. The summed E-state index contributed by atoms with van der Waals surface area (Å²) in [7, 11) is -3.78. The maximum absolute atomic E-state index is 11.5. The molecule has 0 amide bonds. The molecule has 1 aromatic carbocycles. The molecule has 0 bridgehead atoms. The van der Waals surface area contributed by atoms with Crippen LogP contribution < -0.4 is 0 Å². The molecule has 2 nitrogen and oxygen atoms in total. The van der Waals surface area contributed by atoms with Crippen LogP contribution in [0.4, 0.5) is 0 Å². The van der Waals surface area contributed by atoms with Gasteiger partial charge in [0.15, 0.2) is 0 Å². The standard InChI is InChI=1S/C7H8O2S2/c1-10-11(8,9)7-5-3-2-4-6-7/h2-6H,1H3/i1D3. The summed E-state index contributed by atoms with van der Waals surface area (Å²) in [6.45, 7) is 0. The van der Waals surface area contributed by atoms with E-state index in [-0.39, 0.29) is 15.7 Å².